The summed E-state index contributed by atoms with van der Waals surface area (Å²) in [5.74, 6) is 0. The fraction of sp³-hybridized carbons (Fsp3) is 1.00. The predicted molar refractivity (Wildman–Crippen MR) is 64.2 cm³/mol. The van der Waals surface area contributed by atoms with Gasteiger partial charge in [-0.15, -0.1) is 0 Å². The van der Waals surface area contributed by atoms with E-state index in [1.165, 1.54) is 45.3 Å². The van der Waals surface area contributed by atoms with Crippen molar-refractivity contribution in [3.8, 4) is 0 Å². The van der Waals surface area contributed by atoms with E-state index in [2.05, 4.69) is 24.2 Å². The van der Waals surface area contributed by atoms with Crippen LogP contribution in [0.2, 0.25) is 0 Å². The molecule has 0 radical (unpaired) electrons. The van der Waals surface area contributed by atoms with Crippen LogP contribution in [0.4, 0.5) is 0 Å². The molecule has 0 bridgehead atoms. The van der Waals surface area contributed by atoms with E-state index in [-0.39, 0.29) is 0 Å². The Labute approximate surface area is 94.2 Å². The molecule has 1 N–H and O–H groups in total. The molecule has 90 valence electrons. The maximum absolute atomic E-state index is 5.38. The molecule has 1 aliphatic rings. The van der Waals surface area contributed by atoms with Gasteiger partial charge >= 0.3 is 0 Å². The van der Waals surface area contributed by atoms with Crippen molar-refractivity contribution in [1.82, 2.24) is 10.2 Å². The van der Waals surface area contributed by atoms with E-state index in [0.29, 0.717) is 12.1 Å². The number of hydrogen-bond donors (Lipinski definition) is 1. The highest BCUT2D eigenvalue weighted by molar-refractivity contribution is 4.76. The van der Waals surface area contributed by atoms with Crippen molar-refractivity contribution in [3.05, 3.63) is 0 Å². The smallest absolute Gasteiger partial charge is 0.0595 e. The number of nitrogens with one attached hydrogen (secondary N) is 1. The molecule has 0 aromatic heterocycles. The molecule has 1 unspecified atom stereocenters. The Hall–Kier alpha value is -0.120. The van der Waals surface area contributed by atoms with Gasteiger partial charge in [0.2, 0.25) is 0 Å². The molecule has 1 fully saturated rings. The van der Waals surface area contributed by atoms with Crippen LogP contribution in [0.5, 0.6) is 0 Å². The highest BCUT2D eigenvalue weighted by Crippen LogP contribution is 2.13. The van der Waals surface area contributed by atoms with E-state index < -0.39 is 0 Å². The van der Waals surface area contributed by atoms with Crippen LogP contribution < -0.4 is 5.32 Å². The highest BCUT2D eigenvalue weighted by Gasteiger charge is 2.20. The van der Waals surface area contributed by atoms with Gasteiger partial charge in [0.1, 0.15) is 0 Å². The lowest BCUT2D eigenvalue weighted by atomic mass is 10.1. The zero-order valence-corrected chi connectivity index (χ0v) is 10.5. The number of likely N-dealkylation sites (N-methyl/N-ethyl adjacent to an activating group) is 1. The van der Waals surface area contributed by atoms with E-state index in [1.54, 1.807) is 0 Å². The molecule has 0 aromatic rings. The Kier molecular flexibility index (Phi) is 6.22. The summed E-state index contributed by atoms with van der Waals surface area (Å²) in [5.41, 5.74) is 0. The topological polar surface area (TPSA) is 24.5 Å². The maximum Gasteiger partial charge on any atom is 0.0595 e. The summed E-state index contributed by atoms with van der Waals surface area (Å²) >= 11 is 0. The minimum Gasteiger partial charge on any atom is -0.381 e. The quantitative estimate of drug-likeness (QED) is 0.725. The van der Waals surface area contributed by atoms with Crippen LogP contribution >= 0.6 is 0 Å². The lowest BCUT2D eigenvalue weighted by Crippen LogP contribution is -2.44. The summed E-state index contributed by atoms with van der Waals surface area (Å²) in [7, 11) is 3.90. The number of piperidine rings is 1. The second-order valence-corrected chi connectivity index (χ2v) is 4.51. The molecule has 1 heterocycles. The third-order valence-electron chi connectivity index (χ3n) is 3.39. The summed E-state index contributed by atoms with van der Waals surface area (Å²) in [4.78, 5) is 2.56. The first kappa shape index (κ1) is 12.9. The molecule has 3 heteroatoms. The third-order valence-corrected chi connectivity index (χ3v) is 3.39. The van der Waals surface area contributed by atoms with E-state index in [9.17, 15) is 0 Å². The van der Waals surface area contributed by atoms with Gasteiger partial charge in [-0.1, -0.05) is 13.3 Å². The molecule has 1 saturated heterocycles. The van der Waals surface area contributed by atoms with Crippen LogP contribution in [0.3, 0.4) is 0 Å². The van der Waals surface area contributed by atoms with E-state index >= 15 is 0 Å². The predicted octanol–water partition coefficient (Wildman–Crippen LogP) is 1.49. The SMILES string of the molecule is CCCC(CN1CCC(OC)CC1)NC. The molecule has 0 aliphatic carbocycles. The summed E-state index contributed by atoms with van der Waals surface area (Å²) in [6.45, 7) is 5.84. The van der Waals surface area contributed by atoms with Gasteiger partial charge in [-0.25, -0.2) is 0 Å². The molecule has 3 nitrogen and oxygen atoms in total. The molecule has 1 rings (SSSR count). The molecule has 1 aliphatic heterocycles. The van der Waals surface area contributed by atoms with Crippen LogP contribution in [0.15, 0.2) is 0 Å². The van der Waals surface area contributed by atoms with Crippen molar-refractivity contribution in [2.45, 2.75) is 44.8 Å². The van der Waals surface area contributed by atoms with Crippen molar-refractivity contribution < 1.29 is 4.74 Å². The summed E-state index contributed by atoms with van der Waals surface area (Å²) in [5, 5.41) is 3.40. The number of rotatable bonds is 6. The fourth-order valence-electron chi connectivity index (χ4n) is 2.31. The lowest BCUT2D eigenvalue weighted by molar-refractivity contribution is 0.0383. The first-order valence-electron chi connectivity index (χ1n) is 6.22. The molecule has 0 aromatic carbocycles. The van der Waals surface area contributed by atoms with Crippen LogP contribution in [-0.2, 0) is 4.74 Å². The number of ether oxygens (including phenoxy) is 1. The van der Waals surface area contributed by atoms with E-state index in [1.807, 2.05) is 7.11 Å². The van der Waals surface area contributed by atoms with Gasteiger partial charge in [-0.3, -0.25) is 0 Å². The average Bonchev–Trinajstić information content (AvgIpc) is 2.29. The first-order valence-corrected chi connectivity index (χ1v) is 6.22. The zero-order valence-electron chi connectivity index (χ0n) is 10.5. The van der Waals surface area contributed by atoms with Crippen LogP contribution in [0, 0.1) is 0 Å². The Morgan fingerprint density at radius 2 is 2.07 bits per heavy atom. The Balaban J connectivity index is 2.21. The summed E-state index contributed by atoms with van der Waals surface area (Å²) < 4.78 is 5.38. The second-order valence-electron chi connectivity index (χ2n) is 4.51. The molecule has 1 atom stereocenters. The van der Waals surface area contributed by atoms with Crippen molar-refractivity contribution in [1.29, 1.82) is 0 Å². The van der Waals surface area contributed by atoms with Crippen LogP contribution in [-0.4, -0.2) is 50.8 Å². The normalized spacial score (nSPS) is 21.8. The zero-order chi connectivity index (χ0) is 11.1. The van der Waals surface area contributed by atoms with Crippen LogP contribution in [0.1, 0.15) is 32.6 Å². The van der Waals surface area contributed by atoms with Gasteiger partial charge in [0.05, 0.1) is 6.10 Å². The number of methoxy groups -OCH3 is 1. The third kappa shape index (κ3) is 4.49. The number of likely N-dealkylation sites (tertiary alicyclic amines) is 1. The number of hydrogen-bond acceptors (Lipinski definition) is 3. The van der Waals surface area contributed by atoms with Crippen molar-refractivity contribution >= 4 is 0 Å². The van der Waals surface area contributed by atoms with Crippen molar-refractivity contribution in [2.24, 2.45) is 0 Å². The Bertz CT molecular complexity index is 156. The summed E-state index contributed by atoms with van der Waals surface area (Å²) in [6, 6.07) is 0.661. The standard InChI is InChI=1S/C12H26N2O/c1-4-5-11(13-2)10-14-8-6-12(15-3)7-9-14/h11-13H,4-10H2,1-3H3. The van der Waals surface area contributed by atoms with Gasteiger partial charge in [-0.05, 0) is 26.3 Å². The Morgan fingerprint density at radius 3 is 2.53 bits per heavy atom. The lowest BCUT2D eigenvalue weighted by Gasteiger charge is -2.33. The average molecular weight is 214 g/mol. The van der Waals surface area contributed by atoms with Crippen molar-refractivity contribution in [2.75, 3.05) is 33.8 Å². The van der Waals surface area contributed by atoms with Gasteiger partial charge in [0, 0.05) is 32.8 Å². The van der Waals surface area contributed by atoms with Crippen LogP contribution in [0.25, 0.3) is 0 Å². The van der Waals surface area contributed by atoms with Gasteiger partial charge < -0.3 is 15.0 Å². The summed E-state index contributed by atoms with van der Waals surface area (Å²) in [6.07, 6.45) is 5.43. The monoisotopic (exact) mass is 214 g/mol. The van der Waals surface area contributed by atoms with Crippen molar-refractivity contribution in [3.63, 3.8) is 0 Å². The first-order chi connectivity index (χ1) is 7.30. The molecule has 0 amide bonds. The molecule has 15 heavy (non-hydrogen) atoms. The van der Waals surface area contributed by atoms with E-state index in [0.717, 1.165) is 0 Å². The number of nitrogens with zero attached hydrogens (tertiary/aromatic N) is 1. The molecule has 0 saturated carbocycles. The van der Waals surface area contributed by atoms with Gasteiger partial charge in [0.15, 0.2) is 0 Å². The largest absolute Gasteiger partial charge is 0.381 e. The second kappa shape index (κ2) is 7.20. The minimum absolute atomic E-state index is 0.500. The molecular formula is C12H26N2O. The van der Waals surface area contributed by atoms with Gasteiger partial charge in [-0.2, -0.15) is 0 Å². The van der Waals surface area contributed by atoms with E-state index in [4.69, 9.17) is 4.74 Å². The minimum atomic E-state index is 0.500. The Morgan fingerprint density at radius 1 is 1.40 bits per heavy atom. The fourth-order valence-corrected chi connectivity index (χ4v) is 2.31. The maximum atomic E-state index is 5.38. The molecular weight excluding hydrogens is 188 g/mol. The highest BCUT2D eigenvalue weighted by atomic mass is 16.5. The van der Waals surface area contributed by atoms with Gasteiger partial charge in [0.25, 0.3) is 0 Å². The molecule has 0 spiro atoms.